The molecule has 0 spiro atoms. The van der Waals surface area contributed by atoms with Gasteiger partial charge in [-0.05, 0) is 12.0 Å². The summed E-state index contributed by atoms with van der Waals surface area (Å²) in [6, 6.07) is 9.51. The largest absolute Gasteiger partial charge is 0.395 e. The Hall–Kier alpha value is -1.39. The van der Waals surface area contributed by atoms with E-state index in [1.165, 1.54) is 0 Å². The maximum Gasteiger partial charge on any atom is 0.231 e. The SMILES string of the molecule is CCC(CO)(CO)C(=O)NCc1ccccc1. The van der Waals surface area contributed by atoms with Gasteiger partial charge in [-0.25, -0.2) is 0 Å². The van der Waals surface area contributed by atoms with Crippen LogP contribution in [-0.4, -0.2) is 29.3 Å². The van der Waals surface area contributed by atoms with E-state index in [2.05, 4.69) is 5.32 Å². The Balaban J connectivity index is 2.60. The molecule has 0 bridgehead atoms. The summed E-state index contributed by atoms with van der Waals surface area (Å²) >= 11 is 0. The molecule has 0 saturated heterocycles. The number of amides is 1. The molecule has 1 amide bonds. The molecule has 1 aromatic carbocycles. The summed E-state index contributed by atoms with van der Waals surface area (Å²) in [5, 5.41) is 21.2. The van der Waals surface area contributed by atoms with Crippen molar-refractivity contribution in [2.24, 2.45) is 5.41 Å². The second kappa shape index (κ2) is 6.37. The highest BCUT2D eigenvalue weighted by molar-refractivity contribution is 5.82. The minimum atomic E-state index is -1.07. The van der Waals surface area contributed by atoms with Gasteiger partial charge in [0.05, 0.1) is 18.6 Å². The van der Waals surface area contributed by atoms with Gasteiger partial charge in [0.15, 0.2) is 0 Å². The molecule has 1 aromatic rings. The van der Waals surface area contributed by atoms with E-state index in [1.807, 2.05) is 30.3 Å². The van der Waals surface area contributed by atoms with Crippen LogP contribution in [0.25, 0.3) is 0 Å². The van der Waals surface area contributed by atoms with E-state index in [0.29, 0.717) is 13.0 Å². The molecular formula is C13H19NO3. The van der Waals surface area contributed by atoms with Crippen LogP contribution >= 0.6 is 0 Å². The second-order valence-corrected chi connectivity index (χ2v) is 4.12. The zero-order chi connectivity index (χ0) is 12.7. The Morgan fingerprint density at radius 3 is 2.29 bits per heavy atom. The van der Waals surface area contributed by atoms with E-state index in [1.54, 1.807) is 6.92 Å². The first-order chi connectivity index (χ1) is 8.18. The van der Waals surface area contributed by atoms with Gasteiger partial charge in [-0.15, -0.1) is 0 Å². The average Bonchev–Trinajstić information content (AvgIpc) is 2.40. The highest BCUT2D eigenvalue weighted by Gasteiger charge is 2.35. The zero-order valence-corrected chi connectivity index (χ0v) is 10.0. The van der Waals surface area contributed by atoms with Crippen LogP contribution in [0.4, 0.5) is 0 Å². The molecule has 0 fully saturated rings. The quantitative estimate of drug-likeness (QED) is 0.681. The number of rotatable bonds is 6. The Labute approximate surface area is 101 Å². The molecule has 4 heteroatoms. The molecule has 0 heterocycles. The van der Waals surface area contributed by atoms with Gasteiger partial charge in [0.25, 0.3) is 0 Å². The molecule has 0 unspecified atom stereocenters. The fourth-order valence-corrected chi connectivity index (χ4v) is 1.54. The standard InChI is InChI=1S/C13H19NO3/c1-2-13(9-15,10-16)12(17)14-8-11-6-4-3-5-7-11/h3-7,15-16H,2,8-10H2,1H3,(H,14,17). The molecule has 94 valence electrons. The molecule has 0 radical (unpaired) electrons. The Morgan fingerprint density at radius 1 is 1.24 bits per heavy atom. The fourth-order valence-electron chi connectivity index (χ4n) is 1.54. The van der Waals surface area contributed by atoms with Crippen LogP contribution in [0.2, 0.25) is 0 Å². The molecule has 1 rings (SSSR count). The Kier molecular flexibility index (Phi) is 5.12. The van der Waals surface area contributed by atoms with Gasteiger partial charge in [0.2, 0.25) is 5.91 Å². The van der Waals surface area contributed by atoms with Gasteiger partial charge in [-0.3, -0.25) is 4.79 Å². The molecule has 0 atom stereocenters. The summed E-state index contributed by atoms with van der Waals surface area (Å²) in [6.07, 6.45) is 0.403. The van der Waals surface area contributed by atoms with Crippen LogP contribution in [0.5, 0.6) is 0 Å². The lowest BCUT2D eigenvalue weighted by Gasteiger charge is -2.26. The van der Waals surface area contributed by atoms with Crippen molar-refractivity contribution in [3.63, 3.8) is 0 Å². The molecule has 3 N–H and O–H groups in total. The van der Waals surface area contributed by atoms with E-state index in [4.69, 9.17) is 0 Å². The van der Waals surface area contributed by atoms with Crippen LogP contribution in [0.3, 0.4) is 0 Å². The number of hydrogen-bond donors (Lipinski definition) is 3. The first kappa shape index (κ1) is 13.7. The van der Waals surface area contributed by atoms with Gasteiger partial charge in [-0.2, -0.15) is 0 Å². The third kappa shape index (κ3) is 3.28. The molecule has 0 aromatic heterocycles. The summed E-state index contributed by atoms with van der Waals surface area (Å²) in [5.41, 5.74) is -0.0869. The van der Waals surface area contributed by atoms with Gasteiger partial charge in [0, 0.05) is 6.54 Å². The monoisotopic (exact) mass is 237 g/mol. The topological polar surface area (TPSA) is 69.6 Å². The van der Waals surface area contributed by atoms with E-state index >= 15 is 0 Å². The van der Waals surface area contributed by atoms with Crippen molar-refractivity contribution in [2.45, 2.75) is 19.9 Å². The summed E-state index contributed by atoms with van der Waals surface area (Å²) in [6.45, 7) is 1.48. The summed E-state index contributed by atoms with van der Waals surface area (Å²) < 4.78 is 0. The van der Waals surface area contributed by atoms with Crippen LogP contribution in [0, 0.1) is 5.41 Å². The van der Waals surface area contributed by atoms with Crippen LogP contribution in [0.15, 0.2) is 30.3 Å². The lowest BCUT2D eigenvalue weighted by Crippen LogP contribution is -2.45. The number of aliphatic hydroxyl groups is 2. The predicted octanol–water partition coefficient (Wildman–Crippen LogP) is 0.684. The van der Waals surface area contributed by atoms with Crippen molar-refractivity contribution in [3.8, 4) is 0 Å². The van der Waals surface area contributed by atoms with Crippen molar-refractivity contribution < 1.29 is 15.0 Å². The number of benzene rings is 1. The maximum absolute atomic E-state index is 11.9. The highest BCUT2D eigenvalue weighted by atomic mass is 16.3. The van der Waals surface area contributed by atoms with Crippen molar-refractivity contribution in [3.05, 3.63) is 35.9 Å². The minimum Gasteiger partial charge on any atom is -0.395 e. The number of nitrogens with one attached hydrogen (secondary N) is 1. The summed E-state index contributed by atoms with van der Waals surface area (Å²) in [7, 11) is 0. The Morgan fingerprint density at radius 2 is 1.82 bits per heavy atom. The predicted molar refractivity (Wildman–Crippen MR) is 65.2 cm³/mol. The number of carbonyl (C=O) groups is 1. The zero-order valence-electron chi connectivity index (χ0n) is 10.0. The van der Waals surface area contributed by atoms with Crippen LogP contribution < -0.4 is 5.32 Å². The van der Waals surface area contributed by atoms with Crippen LogP contribution in [0.1, 0.15) is 18.9 Å². The van der Waals surface area contributed by atoms with Gasteiger partial charge >= 0.3 is 0 Å². The fraction of sp³-hybridized carbons (Fsp3) is 0.462. The van der Waals surface area contributed by atoms with Crippen molar-refractivity contribution in [1.29, 1.82) is 0 Å². The molecule has 4 nitrogen and oxygen atoms in total. The second-order valence-electron chi connectivity index (χ2n) is 4.12. The van der Waals surface area contributed by atoms with E-state index in [0.717, 1.165) is 5.56 Å². The number of aliphatic hydroxyl groups excluding tert-OH is 2. The highest BCUT2D eigenvalue weighted by Crippen LogP contribution is 2.20. The minimum absolute atomic E-state index is 0.311. The van der Waals surface area contributed by atoms with E-state index in [-0.39, 0.29) is 19.1 Å². The third-order valence-electron chi connectivity index (χ3n) is 3.06. The Bertz CT molecular complexity index is 339. The van der Waals surface area contributed by atoms with Crippen LogP contribution in [-0.2, 0) is 11.3 Å². The average molecular weight is 237 g/mol. The van der Waals surface area contributed by atoms with Gasteiger partial charge in [0.1, 0.15) is 0 Å². The third-order valence-corrected chi connectivity index (χ3v) is 3.06. The molecule has 17 heavy (non-hydrogen) atoms. The first-order valence-corrected chi connectivity index (χ1v) is 5.72. The summed E-state index contributed by atoms with van der Waals surface area (Å²) in [4.78, 5) is 11.9. The van der Waals surface area contributed by atoms with Crippen molar-refractivity contribution >= 4 is 5.91 Å². The van der Waals surface area contributed by atoms with E-state index in [9.17, 15) is 15.0 Å². The van der Waals surface area contributed by atoms with E-state index < -0.39 is 5.41 Å². The van der Waals surface area contributed by atoms with Gasteiger partial charge < -0.3 is 15.5 Å². The lowest BCUT2D eigenvalue weighted by molar-refractivity contribution is -0.136. The van der Waals surface area contributed by atoms with Crippen molar-refractivity contribution in [2.75, 3.05) is 13.2 Å². The normalized spacial score (nSPS) is 11.2. The summed E-state index contributed by atoms with van der Waals surface area (Å²) in [5.74, 6) is -0.311. The smallest absolute Gasteiger partial charge is 0.231 e. The lowest BCUT2D eigenvalue weighted by atomic mass is 9.86. The molecule has 0 aliphatic rings. The molecule has 0 saturated carbocycles. The molecule has 0 aliphatic heterocycles. The molecule has 0 aliphatic carbocycles. The van der Waals surface area contributed by atoms with Gasteiger partial charge in [-0.1, -0.05) is 37.3 Å². The molecular weight excluding hydrogens is 218 g/mol. The number of hydrogen-bond acceptors (Lipinski definition) is 3. The first-order valence-electron chi connectivity index (χ1n) is 5.72. The van der Waals surface area contributed by atoms with Crippen molar-refractivity contribution in [1.82, 2.24) is 5.32 Å². The number of carbonyl (C=O) groups excluding carboxylic acids is 1. The maximum atomic E-state index is 11.9.